The summed E-state index contributed by atoms with van der Waals surface area (Å²) in [7, 11) is -3.25. The van der Waals surface area contributed by atoms with E-state index >= 15 is 0 Å². The topological polar surface area (TPSA) is 96.3 Å². The number of hydrogen-bond acceptors (Lipinski definition) is 4. The Hall–Kier alpha value is -1.61. The summed E-state index contributed by atoms with van der Waals surface area (Å²) in [5.41, 5.74) is 0. The highest BCUT2D eigenvalue weighted by atomic mass is 32.2. The Bertz CT molecular complexity index is 587. The van der Waals surface area contributed by atoms with Crippen LogP contribution < -0.4 is 10.0 Å². The third kappa shape index (κ3) is 5.30. The average molecular weight is 329 g/mol. The molecule has 9 heteroatoms. The summed E-state index contributed by atoms with van der Waals surface area (Å²) in [6.07, 6.45) is 6.21. The molecule has 2 N–H and O–H groups in total. The molecule has 0 bridgehead atoms. The van der Waals surface area contributed by atoms with Crippen LogP contribution in [0, 0.1) is 0 Å². The second-order valence-electron chi connectivity index (χ2n) is 5.75. The summed E-state index contributed by atoms with van der Waals surface area (Å²) in [5.74, 6) is 0. The second kappa shape index (κ2) is 7.10. The summed E-state index contributed by atoms with van der Waals surface area (Å²) in [6, 6.07) is 1.40. The summed E-state index contributed by atoms with van der Waals surface area (Å²) in [5, 5.41) is 7.02. The Morgan fingerprint density at radius 2 is 2.27 bits per heavy atom. The van der Waals surface area contributed by atoms with Crippen molar-refractivity contribution in [3.63, 3.8) is 0 Å². The molecule has 8 nitrogen and oxygen atoms in total. The zero-order valence-electron chi connectivity index (χ0n) is 12.9. The van der Waals surface area contributed by atoms with Crippen molar-refractivity contribution in [1.29, 1.82) is 0 Å². The van der Waals surface area contributed by atoms with Gasteiger partial charge in [0.2, 0.25) is 10.0 Å². The number of nitrogens with zero attached hydrogens (tertiary/aromatic N) is 3. The summed E-state index contributed by atoms with van der Waals surface area (Å²) >= 11 is 0. The number of carbonyl (C=O) groups excluding carboxylic acids is 1. The Labute approximate surface area is 130 Å². The highest BCUT2D eigenvalue weighted by Gasteiger charge is 2.26. The van der Waals surface area contributed by atoms with Gasteiger partial charge in [-0.2, -0.15) is 5.10 Å². The molecule has 1 saturated heterocycles. The Morgan fingerprint density at radius 3 is 2.91 bits per heavy atom. The van der Waals surface area contributed by atoms with Crippen LogP contribution in [-0.4, -0.2) is 60.6 Å². The predicted octanol–water partition coefficient (Wildman–Crippen LogP) is -0.00520. The molecule has 2 unspecified atom stereocenters. The molecule has 2 amide bonds. The number of amides is 2. The van der Waals surface area contributed by atoms with Crippen LogP contribution in [0.3, 0.4) is 0 Å². The zero-order chi connectivity index (χ0) is 16.2. The number of urea groups is 1. The van der Waals surface area contributed by atoms with Gasteiger partial charge in [0.05, 0.1) is 12.8 Å². The van der Waals surface area contributed by atoms with E-state index < -0.39 is 10.0 Å². The van der Waals surface area contributed by atoms with Crippen LogP contribution in [0.15, 0.2) is 18.5 Å². The molecule has 1 aromatic heterocycles. The van der Waals surface area contributed by atoms with Gasteiger partial charge in [-0.25, -0.2) is 17.9 Å². The van der Waals surface area contributed by atoms with Gasteiger partial charge in [-0.15, -0.1) is 0 Å². The van der Waals surface area contributed by atoms with E-state index in [1.807, 2.05) is 19.2 Å². The minimum atomic E-state index is -3.25. The molecule has 2 atom stereocenters. The van der Waals surface area contributed by atoms with Crippen molar-refractivity contribution in [3.8, 4) is 0 Å². The van der Waals surface area contributed by atoms with E-state index in [4.69, 9.17) is 0 Å². The number of hydrogen-bond donors (Lipinski definition) is 2. The molecule has 0 saturated carbocycles. The Morgan fingerprint density at radius 1 is 1.50 bits per heavy atom. The maximum Gasteiger partial charge on any atom is 0.317 e. The number of rotatable bonds is 5. The van der Waals surface area contributed by atoms with E-state index in [0.29, 0.717) is 19.6 Å². The van der Waals surface area contributed by atoms with Gasteiger partial charge < -0.3 is 10.2 Å². The molecule has 0 aromatic carbocycles. The molecule has 2 rings (SSSR count). The molecule has 22 heavy (non-hydrogen) atoms. The molecule has 2 heterocycles. The van der Waals surface area contributed by atoms with E-state index in [0.717, 1.165) is 19.1 Å². The molecule has 1 aromatic rings. The first-order valence-electron chi connectivity index (χ1n) is 7.33. The first kappa shape index (κ1) is 16.8. The second-order valence-corrected chi connectivity index (χ2v) is 7.53. The highest BCUT2D eigenvalue weighted by Crippen LogP contribution is 2.11. The maximum absolute atomic E-state index is 12.3. The van der Waals surface area contributed by atoms with Gasteiger partial charge in [-0.1, -0.05) is 0 Å². The minimum Gasteiger partial charge on any atom is -0.334 e. The number of likely N-dealkylation sites (tertiary alicyclic amines) is 1. The van der Waals surface area contributed by atoms with Crippen molar-refractivity contribution in [2.45, 2.75) is 38.4 Å². The van der Waals surface area contributed by atoms with Crippen molar-refractivity contribution in [3.05, 3.63) is 18.5 Å². The van der Waals surface area contributed by atoms with Crippen LogP contribution in [0.2, 0.25) is 0 Å². The van der Waals surface area contributed by atoms with Crippen LogP contribution in [0.4, 0.5) is 4.79 Å². The van der Waals surface area contributed by atoms with Crippen LogP contribution in [0.1, 0.15) is 19.8 Å². The lowest BCUT2D eigenvalue weighted by molar-refractivity contribution is 0.173. The first-order chi connectivity index (χ1) is 10.3. The molecular formula is C13H23N5O3S. The summed E-state index contributed by atoms with van der Waals surface area (Å²) < 4.78 is 26.9. The maximum atomic E-state index is 12.3. The minimum absolute atomic E-state index is 0.0596. The quantitative estimate of drug-likeness (QED) is 0.794. The van der Waals surface area contributed by atoms with Gasteiger partial charge in [0, 0.05) is 37.6 Å². The smallest absolute Gasteiger partial charge is 0.317 e. The molecule has 1 aliphatic heterocycles. The number of nitrogens with one attached hydrogen (secondary N) is 2. The van der Waals surface area contributed by atoms with Gasteiger partial charge in [0.25, 0.3) is 0 Å². The standard InChI is InChI=1S/C13H23N5O3S/c1-11(9-18-8-4-6-14-18)15-13(19)17-7-3-5-12(10-17)16-22(2,20)21/h4,6,8,11-12,16H,3,5,7,9-10H2,1-2H3,(H,15,19). The monoisotopic (exact) mass is 329 g/mol. The molecule has 124 valence electrons. The predicted molar refractivity (Wildman–Crippen MR) is 82.8 cm³/mol. The molecule has 0 aliphatic carbocycles. The highest BCUT2D eigenvalue weighted by molar-refractivity contribution is 7.88. The fourth-order valence-corrected chi connectivity index (χ4v) is 3.40. The van der Waals surface area contributed by atoms with E-state index in [9.17, 15) is 13.2 Å². The number of sulfonamides is 1. The summed E-state index contributed by atoms with van der Waals surface area (Å²) in [4.78, 5) is 13.9. The third-order valence-corrected chi connectivity index (χ3v) is 4.24. The fourth-order valence-electron chi connectivity index (χ4n) is 2.60. The van der Waals surface area contributed by atoms with Gasteiger partial charge in [-0.05, 0) is 25.8 Å². The van der Waals surface area contributed by atoms with E-state index in [1.54, 1.807) is 15.8 Å². The largest absolute Gasteiger partial charge is 0.334 e. The van der Waals surface area contributed by atoms with E-state index in [1.165, 1.54) is 0 Å². The first-order valence-corrected chi connectivity index (χ1v) is 9.23. The van der Waals surface area contributed by atoms with Crippen LogP contribution in [0.25, 0.3) is 0 Å². The Kier molecular flexibility index (Phi) is 5.41. The third-order valence-electron chi connectivity index (χ3n) is 3.48. The molecule has 1 fully saturated rings. The van der Waals surface area contributed by atoms with Gasteiger partial charge in [0.15, 0.2) is 0 Å². The molecular weight excluding hydrogens is 306 g/mol. The van der Waals surface area contributed by atoms with Gasteiger partial charge >= 0.3 is 6.03 Å². The lowest BCUT2D eigenvalue weighted by Crippen LogP contribution is -2.53. The zero-order valence-corrected chi connectivity index (χ0v) is 13.7. The Balaban J connectivity index is 1.83. The molecule has 0 spiro atoms. The van der Waals surface area contributed by atoms with Crippen LogP contribution in [-0.2, 0) is 16.6 Å². The van der Waals surface area contributed by atoms with Crippen molar-refractivity contribution >= 4 is 16.1 Å². The van der Waals surface area contributed by atoms with Crippen molar-refractivity contribution in [2.75, 3.05) is 19.3 Å². The number of aromatic nitrogens is 2. The normalized spacial score (nSPS) is 20.6. The molecule has 0 radical (unpaired) electrons. The SMILES string of the molecule is CC(Cn1cccn1)NC(=O)N1CCCC(NS(C)(=O)=O)C1. The summed E-state index contributed by atoms with van der Waals surface area (Å²) in [6.45, 7) is 3.54. The average Bonchev–Trinajstić information content (AvgIpc) is 2.89. The number of piperidine rings is 1. The van der Waals surface area contributed by atoms with Crippen molar-refractivity contribution in [1.82, 2.24) is 24.7 Å². The van der Waals surface area contributed by atoms with E-state index in [2.05, 4.69) is 15.1 Å². The fraction of sp³-hybridized carbons (Fsp3) is 0.692. The van der Waals surface area contributed by atoms with Gasteiger partial charge in [0.1, 0.15) is 0 Å². The van der Waals surface area contributed by atoms with Gasteiger partial charge in [-0.3, -0.25) is 4.68 Å². The van der Waals surface area contributed by atoms with Crippen molar-refractivity contribution < 1.29 is 13.2 Å². The molecule has 1 aliphatic rings. The lowest BCUT2D eigenvalue weighted by Gasteiger charge is -2.33. The van der Waals surface area contributed by atoms with Crippen LogP contribution >= 0.6 is 0 Å². The van der Waals surface area contributed by atoms with Crippen molar-refractivity contribution in [2.24, 2.45) is 0 Å². The number of carbonyl (C=O) groups is 1. The van der Waals surface area contributed by atoms with Crippen LogP contribution in [0.5, 0.6) is 0 Å². The van der Waals surface area contributed by atoms with E-state index in [-0.39, 0.29) is 18.1 Å². The lowest BCUT2D eigenvalue weighted by atomic mass is 10.1.